The normalized spacial score (nSPS) is 9.30. The van der Waals surface area contributed by atoms with Crippen molar-refractivity contribution < 1.29 is 58.1 Å². The molecule has 5 heterocycles. The molecular weight excluding hydrogens is 699 g/mol. The Bertz CT molecular complexity index is 1520. The van der Waals surface area contributed by atoms with Gasteiger partial charge in [-0.15, -0.1) is 0 Å². The summed E-state index contributed by atoms with van der Waals surface area (Å²) in [5.41, 5.74) is 7.86. The number of benzene rings is 1. The number of H-pyrrole nitrogens is 2. The van der Waals surface area contributed by atoms with E-state index < -0.39 is 13.7 Å². The van der Waals surface area contributed by atoms with Gasteiger partial charge >= 0.3 is 25.2 Å². The van der Waals surface area contributed by atoms with Gasteiger partial charge in [0.15, 0.2) is 0 Å². The van der Waals surface area contributed by atoms with E-state index in [1.807, 2.05) is 72.8 Å². The van der Waals surface area contributed by atoms with Crippen molar-refractivity contribution in [1.82, 2.24) is 19.9 Å². The van der Waals surface area contributed by atoms with Crippen LogP contribution in [0.2, 0.25) is 0 Å². The molecule has 2 aliphatic heterocycles. The molecule has 4 aromatic rings. The summed E-state index contributed by atoms with van der Waals surface area (Å²) in [7, 11) is 4.00. The Morgan fingerprint density at radius 2 is 0.837 bits per heavy atom. The van der Waals surface area contributed by atoms with E-state index in [1.165, 1.54) is 0 Å². The maximum absolute atomic E-state index is 8.54. The van der Waals surface area contributed by atoms with Crippen LogP contribution in [0, 0.1) is 6.07 Å². The van der Waals surface area contributed by atoms with Gasteiger partial charge in [0.1, 0.15) is 0 Å². The third-order valence-corrected chi connectivity index (χ3v) is 4.65. The van der Waals surface area contributed by atoms with E-state index >= 15 is 0 Å². The molecular formula is C30H35N4O7SeZr-. The van der Waals surface area contributed by atoms with E-state index in [0.29, 0.717) is 0 Å². The van der Waals surface area contributed by atoms with E-state index in [1.54, 1.807) is 0 Å². The van der Waals surface area contributed by atoms with Crippen molar-refractivity contribution in [2.45, 2.75) is 0 Å². The Labute approximate surface area is 273 Å². The molecule has 13 heteroatoms. The second-order valence-corrected chi connectivity index (χ2v) is 8.04. The van der Waals surface area contributed by atoms with Crippen LogP contribution in [0.1, 0.15) is 22.8 Å². The number of aromatic amines is 2. The number of aliphatic hydroxyl groups excluding tert-OH is 4. The minimum absolute atomic E-state index is 0. The molecule has 8 bridgehead atoms. The zero-order valence-corrected chi connectivity index (χ0v) is 28.3. The van der Waals surface area contributed by atoms with Gasteiger partial charge in [-0.3, -0.25) is 0 Å². The average molecular weight is 734 g/mol. The van der Waals surface area contributed by atoms with Crippen LogP contribution in [0.15, 0.2) is 78.9 Å². The molecule has 3 aromatic heterocycles. The van der Waals surface area contributed by atoms with E-state index in [0.717, 1.165) is 73.3 Å². The Balaban J connectivity index is 0. The molecule has 6 rings (SSSR count). The first kappa shape index (κ1) is 41.6. The van der Waals surface area contributed by atoms with Crippen molar-refractivity contribution in [3.63, 3.8) is 0 Å². The van der Waals surface area contributed by atoms with Gasteiger partial charge in [0.05, 0.1) is 22.8 Å². The van der Waals surface area contributed by atoms with Crippen molar-refractivity contribution >= 4 is 60.1 Å². The zero-order valence-electron chi connectivity index (χ0n) is 24.1. The molecule has 11 nitrogen and oxygen atoms in total. The Morgan fingerprint density at radius 3 is 1.12 bits per heavy atom. The second-order valence-electron chi connectivity index (χ2n) is 7.19. The molecule has 0 radical (unpaired) electrons. The summed E-state index contributed by atoms with van der Waals surface area (Å²) in [4.78, 5) is 16.0. The smallest absolute Gasteiger partial charge is 0 e. The van der Waals surface area contributed by atoms with Crippen LogP contribution >= 0.6 is 0 Å². The molecule has 0 unspecified atom stereocenters. The van der Waals surface area contributed by atoms with Crippen molar-refractivity contribution in [1.29, 1.82) is 0 Å². The molecule has 1 aromatic carbocycles. The summed E-state index contributed by atoms with van der Waals surface area (Å²) in [6.07, 6.45) is 8.05. The Kier molecular flexibility index (Phi) is 25.3. The minimum atomic E-state index is -3.79. The molecule has 2 aliphatic rings. The van der Waals surface area contributed by atoms with E-state index in [9.17, 15) is 0 Å². The standard InChI is InChI=1S/C20H14N4.C6H5.4CH4O.O3Se.Zr/c1-2-14-10-16-5-6-18(23-16)12-20-8-7-19(24-20)11-17-4-3-15(22-17)9-13(1)21-14;1-2-4-6-5-3-1;4*1-2;1-4(2)3;/h1-12,21-22H;1-5H;4*2H,1H3;;/q;-1;;;;;;. The maximum Gasteiger partial charge on any atom is 0 e. The largest absolute Gasteiger partial charge is 0.184 e. The van der Waals surface area contributed by atoms with Gasteiger partial charge in [-0.05, 0) is 72.8 Å². The number of hydrogen-bond acceptors (Lipinski definition) is 9. The van der Waals surface area contributed by atoms with Crippen LogP contribution < -0.4 is 0 Å². The summed E-state index contributed by atoms with van der Waals surface area (Å²) in [6.45, 7) is 0. The number of hydrogen-bond donors (Lipinski definition) is 6. The average Bonchev–Trinajstić information content (AvgIpc) is 3.85. The summed E-state index contributed by atoms with van der Waals surface area (Å²) in [5.74, 6) is 0. The van der Waals surface area contributed by atoms with Crippen molar-refractivity contribution in [3.8, 4) is 0 Å². The number of aliphatic hydroxyl groups is 4. The zero-order chi connectivity index (χ0) is 31.8. The van der Waals surface area contributed by atoms with E-state index in [4.69, 9.17) is 31.9 Å². The number of nitrogens with one attached hydrogen (secondary N) is 2. The fourth-order valence-electron chi connectivity index (χ4n) is 3.29. The molecule has 0 spiro atoms. The van der Waals surface area contributed by atoms with Crippen molar-refractivity contribution in [3.05, 3.63) is 108 Å². The first-order valence-corrected chi connectivity index (χ1v) is 14.1. The fourth-order valence-corrected chi connectivity index (χ4v) is 3.29. The van der Waals surface area contributed by atoms with Crippen molar-refractivity contribution in [2.24, 2.45) is 0 Å². The van der Waals surface area contributed by atoms with Gasteiger partial charge in [-0.2, -0.15) is 36.4 Å². The fraction of sp³-hybridized carbons (Fsp3) is 0.133. The molecule has 43 heavy (non-hydrogen) atoms. The predicted molar refractivity (Wildman–Crippen MR) is 165 cm³/mol. The van der Waals surface area contributed by atoms with Gasteiger partial charge in [-0.25, -0.2) is 9.97 Å². The molecule has 0 saturated heterocycles. The SMILES string of the molecule is C1=Cc2cc3ccc(cc4ccc(cc5nc(cc1n2)C=C5)[nH]4)[nH]3.CO.CO.CO.CO.O=[Se](=O)=O.[Zr].[c-]1ccccc1. The van der Waals surface area contributed by atoms with Crippen LogP contribution in [0.3, 0.4) is 0 Å². The number of fused-ring (bicyclic) bond motifs is 8. The van der Waals surface area contributed by atoms with Gasteiger partial charge in [0, 0.05) is 76.7 Å². The number of rotatable bonds is 0. The third-order valence-electron chi connectivity index (χ3n) is 4.65. The Hall–Kier alpha value is -3.54. The van der Waals surface area contributed by atoms with Crippen LogP contribution in [-0.2, 0) is 37.7 Å². The molecule has 228 valence electrons. The first-order chi connectivity index (χ1) is 20.5. The van der Waals surface area contributed by atoms with Crippen molar-refractivity contribution in [2.75, 3.05) is 28.4 Å². The summed E-state index contributed by atoms with van der Waals surface area (Å²) >= 11 is -3.79. The van der Waals surface area contributed by atoms with Crippen LogP contribution in [0.25, 0.3) is 46.4 Å². The molecule has 0 saturated carbocycles. The summed E-state index contributed by atoms with van der Waals surface area (Å²) < 4.78 is 25.6. The maximum atomic E-state index is 8.54. The minimum Gasteiger partial charge on any atom is -0.184 e. The molecule has 0 atom stereocenters. The van der Waals surface area contributed by atoms with Crippen LogP contribution in [-0.4, -0.2) is 82.5 Å². The van der Waals surface area contributed by atoms with Gasteiger partial charge < -0.3 is 30.4 Å². The predicted octanol–water partition coefficient (Wildman–Crippen LogP) is 3.84. The quantitative estimate of drug-likeness (QED) is 0.0996. The monoisotopic (exact) mass is 733 g/mol. The Morgan fingerprint density at radius 1 is 0.535 bits per heavy atom. The van der Waals surface area contributed by atoms with Gasteiger partial charge in [-0.1, -0.05) is 0 Å². The van der Waals surface area contributed by atoms with Crippen LogP contribution in [0.4, 0.5) is 0 Å². The van der Waals surface area contributed by atoms with Crippen LogP contribution in [0.5, 0.6) is 0 Å². The molecule has 6 N–H and O–H groups in total. The third kappa shape index (κ3) is 17.2. The summed E-state index contributed by atoms with van der Waals surface area (Å²) in [6, 6.07) is 28.9. The number of aromatic nitrogens is 4. The molecule has 0 amide bonds. The van der Waals surface area contributed by atoms with E-state index in [2.05, 4.69) is 56.3 Å². The van der Waals surface area contributed by atoms with E-state index in [-0.39, 0.29) is 26.2 Å². The summed E-state index contributed by atoms with van der Waals surface area (Å²) in [5, 5.41) is 28.0. The second kappa shape index (κ2) is 26.1. The van der Waals surface area contributed by atoms with Gasteiger partial charge in [0.25, 0.3) is 0 Å². The number of nitrogens with zero attached hydrogens (tertiary/aromatic N) is 2. The first-order valence-electron chi connectivity index (χ1n) is 12.0. The molecule has 0 aliphatic carbocycles. The molecule has 0 fully saturated rings. The topological polar surface area (TPSA) is 189 Å². The van der Waals surface area contributed by atoms with Gasteiger partial charge in [0.2, 0.25) is 0 Å².